The minimum atomic E-state index is -0.0313. The molecule has 3 aromatic heterocycles. The molecule has 5 rings (SSSR count). The van der Waals surface area contributed by atoms with Crippen LogP contribution in [0.5, 0.6) is 0 Å². The van der Waals surface area contributed by atoms with Gasteiger partial charge >= 0.3 is 0 Å². The number of aromatic nitrogens is 5. The Morgan fingerprint density at radius 1 is 1.30 bits per heavy atom. The van der Waals surface area contributed by atoms with Crippen LogP contribution in [-0.2, 0) is 30.3 Å². The highest BCUT2D eigenvalue weighted by molar-refractivity contribution is 5.60. The summed E-state index contributed by atoms with van der Waals surface area (Å²) in [6, 6.07) is 2.00. The Balaban J connectivity index is 1.42. The van der Waals surface area contributed by atoms with Gasteiger partial charge in [0, 0.05) is 56.2 Å². The molecule has 1 spiro atoms. The highest BCUT2D eigenvalue weighted by Gasteiger charge is 2.40. The lowest BCUT2D eigenvalue weighted by atomic mass is 9.82. The summed E-state index contributed by atoms with van der Waals surface area (Å²) in [7, 11) is 1.93. The fourth-order valence-corrected chi connectivity index (χ4v) is 4.28. The predicted octanol–water partition coefficient (Wildman–Crippen LogP) is 1.78. The van der Waals surface area contributed by atoms with Crippen LogP contribution in [0.1, 0.15) is 35.7 Å². The molecule has 0 saturated carbocycles. The Hall–Kier alpha value is -2.45. The molecule has 5 heterocycles. The van der Waals surface area contributed by atoms with Gasteiger partial charge in [0.05, 0.1) is 30.3 Å². The lowest BCUT2D eigenvalue weighted by Gasteiger charge is -2.40. The van der Waals surface area contributed by atoms with Gasteiger partial charge in [-0.3, -0.25) is 4.68 Å². The zero-order valence-corrected chi connectivity index (χ0v) is 15.7. The Kier molecular flexibility index (Phi) is 3.91. The third-order valence-corrected chi connectivity index (χ3v) is 5.97. The topological polar surface area (TPSA) is 82.9 Å². The minimum absolute atomic E-state index is 0.0313. The van der Waals surface area contributed by atoms with Crippen molar-refractivity contribution in [3.63, 3.8) is 0 Å². The summed E-state index contributed by atoms with van der Waals surface area (Å²) in [6.07, 6.45) is 6.69. The largest absolute Gasteiger partial charge is 0.381 e. The van der Waals surface area contributed by atoms with Crippen molar-refractivity contribution in [3.8, 4) is 11.3 Å². The molecule has 8 nitrogen and oxygen atoms in total. The molecule has 2 aliphatic rings. The van der Waals surface area contributed by atoms with Gasteiger partial charge in [0.25, 0.3) is 0 Å². The maximum atomic E-state index is 5.61. The Morgan fingerprint density at radius 3 is 2.93 bits per heavy atom. The molecule has 27 heavy (non-hydrogen) atoms. The van der Waals surface area contributed by atoms with Gasteiger partial charge in [-0.2, -0.15) is 5.10 Å². The number of imidazole rings is 1. The highest BCUT2D eigenvalue weighted by atomic mass is 16.5. The summed E-state index contributed by atoms with van der Waals surface area (Å²) in [5.74, 6) is 0.827. The van der Waals surface area contributed by atoms with Crippen molar-refractivity contribution in [2.75, 3.05) is 19.8 Å². The summed E-state index contributed by atoms with van der Waals surface area (Å²) < 4.78 is 15.2. The van der Waals surface area contributed by atoms with E-state index < -0.39 is 0 Å². The SMILES string of the molecule is Cc1c(-c2cc(Cn3cnc4c3CCNC43CCOCC3)on2)cnn1C. The van der Waals surface area contributed by atoms with Crippen LogP contribution in [-0.4, -0.2) is 44.2 Å². The standard InChI is InChI=1S/C19H24N6O2/c1-13-15(10-22-24(13)2)16-9-14(27-23-16)11-25-12-20-18-17(25)3-6-21-19(18)4-7-26-8-5-19/h9-10,12,21H,3-8,11H2,1-2H3. The van der Waals surface area contributed by atoms with Gasteiger partial charge < -0.3 is 19.1 Å². The minimum Gasteiger partial charge on any atom is -0.381 e. The van der Waals surface area contributed by atoms with Crippen LogP contribution in [0.25, 0.3) is 11.3 Å². The smallest absolute Gasteiger partial charge is 0.157 e. The molecule has 1 fully saturated rings. The molecule has 8 heteroatoms. The average Bonchev–Trinajstić information content (AvgIpc) is 3.38. The molecule has 0 aromatic carbocycles. The van der Waals surface area contributed by atoms with E-state index in [1.54, 1.807) is 0 Å². The molecule has 1 N–H and O–H groups in total. The third kappa shape index (κ3) is 2.71. The van der Waals surface area contributed by atoms with Crippen molar-refractivity contribution in [1.82, 2.24) is 29.8 Å². The Bertz CT molecular complexity index is 963. The second-order valence-corrected chi connectivity index (χ2v) is 7.48. The van der Waals surface area contributed by atoms with Crippen LogP contribution in [0.3, 0.4) is 0 Å². The summed E-state index contributed by atoms with van der Waals surface area (Å²) >= 11 is 0. The van der Waals surface area contributed by atoms with E-state index in [1.165, 1.54) is 11.4 Å². The van der Waals surface area contributed by atoms with E-state index in [0.29, 0.717) is 6.54 Å². The zero-order valence-electron chi connectivity index (χ0n) is 15.7. The monoisotopic (exact) mass is 368 g/mol. The third-order valence-electron chi connectivity index (χ3n) is 5.97. The first-order chi connectivity index (χ1) is 13.2. The van der Waals surface area contributed by atoms with Gasteiger partial charge in [0.2, 0.25) is 0 Å². The summed E-state index contributed by atoms with van der Waals surface area (Å²) in [6.45, 7) is 5.21. The van der Waals surface area contributed by atoms with Gasteiger partial charge in [-0.1, -0.05) is 5.16 Å². The molecular formula is C19H24N6O2. The number of nitrogens with zero attached hydrogens (tertiary/aromatic N) is 5. The second kappa shape index (κ2) is 6.31. The number of fused-ring (bicyclic) bond motifs is 2. The van der Waals surface area contributed by atoms with Crippen LogP contribution < -0.4 is 5.32 Å². The summed E-state index contributed by atoms with van der Waals surface area (Å²) in [5, 5.41) is 12.2. The molecule has 0 amide bonds. The molecule has 0 atom stereocenters. The first-order valence-corrected chi connectivity index (χ1v) is 9.48. The van der Waals surface area contributed by atoms with Crippen LogP contribution >= 0.6 is 0 Å². The van der Waals surface area contributed by atoms with Crippen LogP contribution in [0.4, 0.5) is 0 Å². The van der Waals surface area contributed by atoms with E-state index >= 15 is 0 Å². The number of hydrogen-bond acceptors (Lipinski definition) is 6. The van der Waals surface area contributed by atoms with Gasteiger partial charge in [-0.15, -0.1) is 0 Å². The first kappa shape index (κ1) is 16.7. The molecule has 3 aromatic rings. The zero-order chi connectivity index (χ0) is 18.4. The summed E-state index contributed by atoms with van der Waals surface area (Å²) in [5.41, 5.74) is 5.35. The van der Waals surface area contributed by atoms with Gasteiger partial charge in [0.15, 0.2) is 5.76 Å². The van der Waals surface area contributed by atoms with Crippen LogP contribution in [0.15, 0.2) is 23.1 Å². The van der Waals surface area contributed by atoms with Crippen molar-refractivity contribution in [3.05, 3.63) is 41.4 Å². The second-order valence-electron chi connectivity index (χ2n) is 7.48. The number of hydrogen-bond donors (Lipinski definition) is 1. The van der Waals surface area contributed by atoms with Gasteiger partial charge in [0.1, 0.15) is 5.69 Å². The molecule has 1 saturated heterocycles. The van der Waals surface area contributed by atoms with Crippen LogP contribution in [0.2, 0.25) is 0 Å². The lowest BCUT2D eigenvalue weighted by Crippen LogP contribution is -2.51. The Morgan fingerprint density at radius 2 is 2.15 bits per heavy atom. The quantitative estimate of drug-likeness (QED) is 0.759. The predicted molar refractivity (Wildman–Crippen MR) is 98.2 cm³/mol. The number of rotatable bonds is 3. The van der Waals surface area contributed by atoms with Crippen molar-refractivity contribution in [1.29, 1.82) is 0 Å². The maximum Gasteiger partial charge on any atom is 0.157 e. The molecular weight excluding hydrogens is 344 g/mol. The van der Waals surface area contributed by atoms with E-state index in [-0.39, 0.29) is 5.54 Å². The van der Waals surface area contributed by atoms with Crippen molar-refractivity contribution in [2.45, 2.75) is 38.3 Å². The number of aryl methyl sites for hydroxylation is 1. The number of nitrogens with one attached hydrogen (secondary N) is 1. The van der Waals surface area contributed by atoms with E-state index in [9.17, 15) is 0 Å². The van der Waals surface area contributed by atoms with E-state index in [1.807, 2.05) is 37.2 Å². The van der Waals surface area contributed by atoms with Gasteiger partial charge in [-0.05, 0) is 19.8 Å². The molecule has 2 aliphatic heterocycles. The first-order valence-electron chi connectivity index (χ1n) is 9.48. The van der Waals surface area contributed by atoms with Crippen molar-refractivity contribution < 1.29 is 9.26 Å². The molecule has 0 aliphatic carbocycles. The molecule has 142 valence electrons. The molecule has 0 radical (unpaired) electrons. The normalized spacial score (nSPS) is 18.7. The Labute approximate surface area is 157 Å². The fraction of sp³-hybridized carbons (Fsp3) is 0.526. The molecule has 0 bridgehead atoms. The van der Waals surface area contributed by atoms with Crippen molar-refractivity contribution >= 4 is 0 Å². The van der Waals surface area contributed by atoms with E-state index in [0.717, 1.165) is 61.7 Å². The van der Waals surface area contributed by atoms with Gasteiger partial charge in [-0.25, -0.2) is 4.98 Å². The fourth-order valence-electron chi connectivity index (χ4n) is 4.28. The maximum absolute atomic E-state index is 5.61. The van der Waals surface area contributed by atoms with Crippen molar-refractivity contribution in [2.24, 2.45) is 7.05 Å². The summed E-state index contributed by atoms with van der Waals surface area (Å²) in [4.78, 5) is 4.78. The average molecular weight is 368 g/mol. The van der Waals surface area contributed by atoms with E-state index in [2.05, 4.69) is 20.1 Å². The van der Waals surface area contributed by atoms with Crippen LogP contribution in [0, 0.1) is 6.92 Å². The molecule has 0 unspecified atom stereocenters. The van der Waals surface area contributed by atoms with E-state index in [4.69, 9.17) is 14.2 Å². The number of ether oxygens (including phenoxy) is 1. The lowest BCUT2D eigenvalue weighted by molar-refractivity contribution is 0.0322. The highest BCUT2D eigenvalue weighted by Crippen LogP contribution is 2.36.